The summed E-state index contributed by atoms with van der Waals surface area (Å²) in [4.78, 5) is 8.83. The molecule has 3 aromatic heterocycles. The van der Waals surface area contributed by atoms with Gasteiger partial charge in [0.25, 0.3) is 0 Å². The van der Waals surface area contributed by atoms with E-state index in [0.29, 0.717) is 27.3 Å². The van der Waals surface area contributed by atoms with Crippen molar-refractivity contribution in [3.63, 3.8) is 0 Å². The third-order valence-corrected chi connectivity index (χ3v) is 5.46. The minimum atomic E-state index is -3.56. The lowest BCUT2D eigenvalue weighted by molar-refractivity contribution is -0.607. The number of sulfone groups is 1. The van der Waals surface area contributed by atoms with Crippen LogP contribution in [0.15, 0.2) is 35.6 Å². The van der Waals surface area contributed by atoms with Gasteiger partial charge in [-0.25, -0.2) is 18.4 Å². The molecule has 0 radical (unpaired) electrons. The van der Waals surface area contributed by atoms with Crippen molar-refractivity contribution in [2.45, 2.75) is 18.7 Å². The fraction of sp³-hybridized carbons (Fsp3) is 0.267. The van der Waals surface area contributed by atoms with Gasteiger partial charge in [-0.3, -0.25) is 0 Å². The molecule has 0 saturated carbocycles. The van der Waals surface area contributed by atoms with Crippen molar-refractivity contribution in [3.05, 3.63) is 41.5 Å². The largest absolute Gasteiger partial charge is 0.619 e. The molecular weight excluding hydrogens is 316 g/mol. The van der Waals surface area contributed by atoms with Gasteiger partial charge in [-0.05, 0) is 18.6 Å². The molecule has 0 atom stereocenters. The Morgan fingerprint density at radius 1 is 1.39 bits per heavy atom. The summed E-state index contributed by atoms with van der Waals surface area (Å²) in [6.07, 6.45) is 4.07. The third-order valence-electron chi connectivity index (χ3n) is 3.70. The summed E-state index contributed by atoms with van der Waals surface area (Å²) < 4.78 is 26.9. The molecule has 23 heavy (non-hydrogen) atoms. The van der Waals surface area contributed by atoms with E-state index in [0.717, 1.165) is 11.8 Å². The van der Waals surface area contributed by atoms with Crippen molar-refractivity contribution < 1.29 is 13.1 Å². The van der Waals surface area contributed by atoms with E-state index in [4.69, 9.17) is 0 Å². The van der Waals surface area contributed by atoms with Gasteiger partial charge in [-0.1, -0.05) is 6.92 Å². The molecule has 0 aliphatic rings. The number of nitrogens with zero attached hydrogens (tertiary/aromatic N) is 4. The van der Waals surface area contributed by atoms with Crippen LogP contribution in [0.4, 0.5) is 0 Å². The van der Waals surface area contributed by atoms with Gasteiger partial charge in [0.05, 0.1) is 5.75 Å². The quantitative estimate of drug-likeness (QED) is 0.533. The number of rotatable bonds is 3. The van der Waals surface area contributed by atoms with Gasteiger partial charge in [0.2, 0.25) is 0 Å². The van der Waals surface area contributed by atoms with Crippen LogP contribution >= 0.6 is 0 Å². The van der Waals surface area contributed by atoms with Crippen LogP contribution in [0.5, 0.6) is 0 Å². The first-order valence-corrected chi connectivity index (χ1v) is 8.73. The summed E-state index contributed by atoms with van der Waals surface area (Å²) >= 11 is 0. The molecule has 0 spiro atoms. The van der Waals surface area contributed by atoms with Crippen molar-refractivity contribution in [2.75, 3.05) is 5.75 Å². The van der Waals surface area contributed by atoms with Gasteiger partial charge in [0.1, 0.15) is 16.2 Å². The van der Waals surface area contributed by atoms with Gasteiger partial charge in [0.15, 0.2) is 27.9 Å². The summed E-state index contributed by atoms with van der Waals surface area (Å²) in [5.74, 6) is 0.372. The smallest absolute Gasteiger partial charge is 0.199 e. The molecule has 0 aromatic carbocycles. The van der Waals surface area contributed by atoms with Crippen molar-refractivity contribution in [3.8, 4) is 11.4 Å². The Bertz CT molecular complexity index is 1010. The molecule has 3 heterocycles. The number of imidazole rings is 1. The molecule has 0 aliphatic heterocycles. The second kappa shape index (κ2) is 5.31. The van der Waals surface area contributed by atoms with Crippen LogP contribution in [-0.4, -0.2) is 28.7 Å². The molecule has 7 nitrogen and oxygen atoms in total. The lowest BCUT2D eigenvalue weighted by atomic mass is 10.2. The Morgan fingerprint density at radius 2 is 2.13 bits per heavy atom. The molecule has 0 N–H and O–H groups in total. The van der Waals surface area contributed by atoms with E-state index < -0.39 is 9.84 Å². The summed E-state index contributed by atoms with van der Waals surface area (Å²) in [5, 5.41) is 11.6. The maximum absolute atomic E-state index is 12.3. The van der Waals surface area contributed by atoms with Crippen molar-refractivity contribution in [2.24, 2.45) is 7.05 Å². The summed E-state index contributed by atoms with van der Waals surface area (Å²) in [5.41, 5.74) is 2.71. The van der Waals surface area contributed by atoms with E-state index in [1.54, 1.807) is 24.7 Å². The normalized spacial score (nSPS) is 12.0. The second-order valence-corrected chi connectivity index (χ2v) is 7.58. The van der Waals surface area contributed by atoms with Gasteiger partial charge in [-0.15, -0.1) is 0 Å². The zero-order valence-corrected chi connectivity index (χ0v) is 13.8. The number of aromatic nitrogens is 4. The zero-order valence-electron chi connectivity index (χ0n) is 13.0. The highest BCUT2D eigenvalue weighted by atomic mass is 32.2. The standard InChI is InChI=1S/C15H16N4O3S/c1-4-23(21,22)13-9-19(20)6-5-11(13)14-17-12-7-10(2)8-16-15(12)18(14)3/h5-9H,4H2,1-3H3. The van der Waals surface area contributed by atoms with E-state index >= 15 is 0 Å². The zero-order chi connectivity index (χ0) is 16.8. The van der Waals surface area contributed by atoms with E-state index in [9.17, 15) is 13.6 Å². The molecule has 3 aromatic rings. The summed E-state index contributed by atoms with van der Waals surface area (Å²) in [6.45, 7) is 3.46. The Balaban J connectivity index is 2.34. The summed E-state index contributed by atoms with van der Waals surface area (Å²) in [6, 6.07) is 3.36. The van der Waals surface area contributed by atoms with Crippen molar-refractivity contribution >= 4 is 21.0 Å². The van der Waals surface area contributed by atoms with E-state index in [1.165, 1.54) is 12.3 Å². The first-order chi connectivity index (χ1) is 10.8. The average molecular weight is 332 g/mol. The van der Waals surface area contributed by atoms with Crippen LogP contribution < -0.4 is 4.73 Å². The maximum atomic E-state index is 12.3. The Morgan fingerprint density at radius 3 is 2.83 bits per heavy atom. The lowest BCUT2D eigenvalue weighted by Gasteiger charge is -2.08. The third kappa shape index (κ3) is 2.55. The van der Waals surface area contributed by atoms with Crippen LogP contribution in [0.25, 0.3) is 22.6 Å². The predicted octanol–water partition coefficient (Wildman–Crippen LogP) is 1.37. The average Bonchev–Trinajstić information content (AvgIpc) is 2.83. The maximum Gasteiger partial charge on any atom is 0.199 e. The highest BCUT2D eigenvalue weighted by molar-refractivity contribution is 7.91. The number of fused-ring (bicyclic) bond motifs is 1. The number of pyridine rings is 2. The van der Waals surface area contributed by atoms with Crippen molar-refractivity contribution in [1.29, 1.82) is 0 Å². The van der Waals surface area contributed by atoms with Crippen LogP contribution in [-0.2, 0) is 16.9 Å². The SMILES string of the molecule is CCS(=O)(=O)c1c[n+]([O-])ccc1-c1nc2cc(C)cnc2n1C. The molecule has 3 rings (SSSR count). The first kappa shape index (κ1) is 15.4. The number of hydrogen-bond donors (Lipinski definition) is 0. The molecule has 120 valence electrons. The monoisotopic (exact) mass is 332 g/mol. The van der Waals surface area contributed by atoms with E-state index in [-0.39, 0.29) is 10.6 Å². The van der Waals surface area contributed by atoms with Gasteiger partial charge < -0.3 is 9.77 Å². The molecule has 0 amide bonds. The molecule has 0 bridgehead atoms. The first-order valence-electron chi connectivity index (χ1n) is 7.08. The highest BCUT2D eigenvalue weighted by Crippen LogP contribution is 2.28. The summed E-state index contributed by atoms with van der Waals surface area (Å²) in [7, 11) is -1.79. The Hall–Kier alpha value is -2.48. The number of hydrogen-bond acceptors (Lipinski definition) is 5. The van der Waals surface area contributed by atoms with Gasteiger partial charge in [-0.2, -0.15) is 4.73 Å². The highest BCUT2D eigenvalue weighted by Gasteiger charge is 2.24. The fourth-order valence-corrected chi connectivity index (χ4v) is 3.53. The predicted molar refractivity (Wildman–Crippen MR) is 85.4 cm³/mol. The second-order valence-electron chi connectivity index (χ2n) is 5.34. The van der Waals surface area contributed by atoms with E-state index in [2.05, 4.69) is 9.97 Å². The molecule has 0 saturated heterocycles. The van der Waals surface area contributed by atoms with Crippen LogP contribution in [0, 0.1) is 12.1 Å². The minimum absolute atomic E-state index is 0.0207. The molecular formula is C15H16N4O3S. The minimum Gasteiger partial charge on any atom is -0.619 e. The van der Waals surface area contributed by atoms with Crippen LogP contribution in [0.3, 0.4) is 0 Å². The molecule has 0 unspecified atom stereocenters. The number of aryl methyl sites for hydroxylation is 2. The van der Waals surface area contributed by atoms with Crippen molar-refractivity contribution in [1.82, 2.24) is 14.5 Å². The van der Waals surface area contributed by atoms with Gasteiger partial charge in [0, 0.05) is 24.9 Å². The van der Waals surface area contributed by atoms with Crippen LogP contribution in [0.1, 0.15) is 12.5 Å². The topological polar surface area (TPSA) is 91.8 Å². The molecule has 8 heteroatoms. The van der Waals surface area contributed by atoms with Crippen LogP contribution in [0.2, 0.25) is 0 Å². The lowest BCUT2D eigenvalue weighted by Crippen LogP contribution is -2.27. The van der Waals surface area contributed by atoms with E-state index in [1.807, 2.05) is 13.0 Å². The fourth-order valence-electron chi connectivity index (χ4n) is 2.46. The molecule has 0 fully saturated rings. The Kier molecular flexibility index (Phi) is 3.56. The molecule has 0 aliphatic carbocycles. The Labute approximate surface area is 133 Å². The van der Waals surface area contributed by atoms with Gasteiger partial charge >= 0.3 is 0 Å².